The molecule has 3 rings (SSSR count). The Morgan fingerprint density at radius 1 is 0.792 bits per heavy atom. The van der Waals surface area contributed by atoms with E-state index in [4.69, 9.17) is 9.47 Å². The quantitative estimate of drug-likeness (QED) is 0.743. The first-order valence-corrected chi connectivity index (χ1v) is 8.17. The summed E-state index contributed by atoms with van der Waals surface area (Å²) in [4.78, 5) is 11.7. The molecule has 0 aliphatic heterocycles. The molecule has 3 unspecified atom stereocenters. The van der Waals surface area contributed by atoms with Crippen molar-refractivity contribution in [3.8, 4) is 0 Å². The predicted octanol–water partition coefficient (Wildman–Crippen LogP) is 3.57. The molecule has 24 heavy (non-hydrogen) atoms. The average molecular weight is 328 g/mol. The van der Waals surface area contributed by atoms with Crippen LogP contribution in [-0.2, 0) is 27.5 Å². The minimum Gasteiger partial charge on any atom is -0.376 e. The SMILES string of the molecule is O=C1C(F)C(COCc2ccccc2)C1COCc1ccccc1. The number of ketones is 1. The van der Waals surface area contributed by atoms with E-state index in [1.165, 1.54) is 0 Å². The van der Waals surface area contributed by atoms with Gasteiger partial charge in [0.25, 0.3) is 0 Å². The van der Waals surface area contributed by atoms with E-state index in [-0.39, 0.29) is 19.0 Å². The monoisotopic (exact) mass is 328 g/mol. The summed E-state index contributed by atoms with van der Waals surface area (Å²) < 4.78 is 25.0. The molecule has 3 atom stereocenters. The zero-order valence-corrected chi connectivity index (χ0v) is 13.4. The van der Waals surface area contributed by atoms with Crippen LogP contribution in [0.15, 0.2) is 60.7 Å². The van der Waals surface area contributed by atoms with E-state index < -0.39 is 18.0 Å². The van der Waals surface area contributed by atoms with E-state index >= 15 is 0 Å². The van der Waals surface area contributed by atoms with Gasteiger partial charge in [0.15, 0.2) is 12.0 Å². The summed E-state index contributed by atoms with van der Waals surface area (Å²) in [7, 11) is 0. The molecule has 0 heterocycles. The maximum absolute atomic E-state index is 13.8. The summed E-state index contributed by atoms with van der Waals surface area (Å²) in [6.45, 7) is 1.34. The lowest BCUT2D eigenvalue weighted by Gasteiger charge is -2.37. The van der Waals surface area contributed by atoms with E-state index in [1.54, 1.807) is 0 Å². The number of benzene rings is 2. The van der Waals surface area contributed by atoms with Gasteiger partial charge in [-0.3, -0.25) is 4.79 Å². The van der Waals surface area contributed by atoms with Gasteiger partial charge in [0, 0.05) is 5.92 Å². The molecule has 1 aliphatic carbocycles. The molecule has 1 fully saturated rings. The zero-order chi connectivity index (χ0) is 16.8. The van der Waals surface area contributed by atoms with Gasteiger partial charge in [-0.25, -0.2) is 4.39 Å². The number of carbonyl (C=O) groups excluding carboxylic acids is 1. The van der Waals surface area contributed by atoms with E-state index in [2.05, 4.69) is 0 Å². The zero-order valence-electron chi connectivity index (χ0n) is 13.4. The molecule has 0 amide bonds. The highest BCUT2D eigenvalue weighted by Crippen LogP contribution is 2.34. The fourth-order valence-electron chi connectivity index (χ4n) is 2.88. The van der Waals surface area contributed by atoms with Crippen molar-refractivity contribution in [1.29, 1.82) is 0 Å². The van der Waals surface area contributed by atoms with Gasteiger partial charge in [0.05, 0.1) is 32.3 Å². The first-order valence-electron chi connectivity index (χ1n) is 8.17. The van der Waals surface area contributed by atoms with E-state index in [9.17, 15) is 9.18 Å². The van der Waals surface area contributed by atoms with Gasteiger partial charge in [-0.1, -0.05) is 60.7 Å². The third-order valence-electron chi connectivity index (χ3n) is 4.36. The van der Waals surface area contributed by atoms with Crippen LogP contribution < -0.4 is 0 Å². The number of alkyl halides is 1. The van der Waals surface area contributed by atoms with Crippen molar-refractivity contribution >= 4 is 5.78 Å². The summed E-state index contributed by atoms with van der Waals surface area (Å²) >= 11 is 0. The van der Waals surface area contributed by atoms with Crippen molar-refractivity contribution in [2.45, 2.75) is 19.4 Å². The molecule has 4 heteroatoms. The maximum atomic E-state index is 13.8. The number of carbonyl (C=O) groups is 1. The first-order chi connectivity index (χ1) is 11.8. The number of ether oxygens (including phenoxy) is 2. The summed E-state index contributed by atoms with van der Waals surface area (Å²) in [6.07, 6.45) is -1.42. The van der Waals surface area contributed by atoms with Crippen LogP contribution in [0.2, 0.25) is 0 Å². The third-order valence-corrected chi connectivity index (χ3v) is 4.36. The molecule has 3 nitrogen and oxygen atoms in total. The van der Waals surface area contributed by atoms with Crippen molar-refractivity contribution in [2.75, 3.05) is 13.2 Å². The molecule has 2 aromatic rings. The van der Waals surface area contributed by atoms with Gasteiger partial charge in [-0.05, 0) is 11.1 Å². The highest BCUT2D eigenvalue weighted by Gasteiger charge is 2.50. The van der Waals surface area contributed by atoms with Crippen LogP contribution in [-0.4, -0.2) is 25.2 Å². The lowest BCUT2D eigenvalue weighted by atomic mass is 9.71. The van der Waals surface area contributed by atoms with Crippen molar-refractivity contribution in [2.24, 2.45) is 11.8 Å². The Balaban J connectivity index is 1.43. The number of Topliss-reactive ketones (excluding diaryl/α,β-unsaturated/α-hetero) is 1. The molecule has 0 spiro atoms. The maximum Gasteiger partial charge on any atom is 0.173 e. The van der Waals surface area contributed by atoms with Crippen molar-refractivity contribution in [3.05, 3.63) is 71.8 Å². The van der Waals surface area contributed by atoms with Gasteiger partial charge in [-0.2, -0.15) is 0 Å². The van der Waals surface area contributed by atoms with Gasteiger partial charge in [0.2, 0.25) is 0 Å². The van der Waals surface area contributed by atoms with Crippen LogP contribution in [0.4, 0.5) is 4.39 Å². The highest BCUT2D eigenvalue weighted by atomic mass is 19.1. The normalized spacial score (nSPS) is 23.0. The fourth-order valence-corrected chi connectivity index (χ4v) is 2.88. The van der Waals surface area contributed by atoms with Crippen LogP contribution in [0.1, 0.15) is 11.1 Å². The van der Waals surface area contributed by atoms with Crippen LogP contribution in [0.25, 0.3) is 0 Å². The lowest BCUT2D eigenvalue weighted by Crippen LogP contribution is -2.53. The molecular weight excluding hydrogens is 307 g/mol. The molecule has 0 N–H and O–H groups in total. The van der Waals surface area contributed by atoms with E-state index in [1.807, 2.05) is 60.7 Å². The summed E-state index contributed by atoms with van der Waals surface area (Å²) in [6, 6.07) is 19.4. The van der Waals surface area contributed by atoms with Gasteiger partial charge in [0.1, 0.15) is 0 Å². The van der Waals surface area contributed by atoms with Gasteiger partial charge >= 0.3 is 0 Å². The smallest absolute Gasteiger partial charge is 0.173 e. The Labute approximate surface area is 141 Å². The van der Waals surface area contributed by atoms with E-state index in [0.29, 0.717) is 13.2 Å². The standard InChI is InChI=1S/C20H21FO3/c21-19-17(13-23-11-15-7-3-1-4-8-15)18(20(19)22)14-24-12-16-9-5-2-6-10-16/h1-10,17-19H,11-14H2. The van der Waals surface area contributed by atoms with Crippen LogP contribution in [0.3, 0.4) is 0 Å². The number of hydrogen-bond donors (Lipinski definition) is 0. The van der Waals surface area contributed by atoms with Crippen molar-refractivity contribution in [3.63, 3.8) is 0 Å². The second-order valence-corrected chi connectivity index (χ2v) is 6.08. The Morgan fingerprint density at radius 2 is 1.29 bits per heavy atom. The highest BCUT2D eigenvalue weighted by molar-refractivity contribution is 5.92. The number of hydrogen-bond acceptors (Lipinski definition) is 3. The first kappa shape index (κ1) is 16.8. The molecule has 0 radical (unpaired) electrons. The van der Waals surface area contributed by atoms with Gasteiger partial charge < -0.3 is 9.47 Å². The van der Waals surface area contributed by atoms with Crippen LogP contribution in [0, 0.1) is 11.8 Å². The second kappa shape index (κ2) is 8.18. The molecule has 1 saturated carbocycles. The Hall–Kier alpha value is -2.04. The minimum atomic E-state index is -1.42. The summed E-state index contributed by atoms with van der Waals surface area (Å²) in [5.74, 6) is -1.17. The topological polar surface area (TPSA) is 35.5 Å². The number of rotatable bonds is 8. The molecule has 126 valence electrons. The summed E-state index contributed by atoms with van der Waals surface area (Å²) in [5, 5.41) is 0. The molecule has 0 saturated heterocycles. The molecule has 2 aromatic carbocycles. The van der Waals surface area contributed by atoms with Crippen molar-refractivity contribution in [1.82, 2.24) is 0 Å². The average Bonchev–Trinajstić information content (AvgIpc) is 2.64. The minimum absolute atomic E-state index is 0.237. The predicted molar refractivity (Wildman–Crippen MR) is 89.1 cm³/mol. The van der Waals surface area contributed by atoms with Crippen molar-refractivity contribution < 1.29 is 18.7 Å². The van der Waals surface area contributed by atoms with Crippen LogP contribution in [0.5, 0.6) is 0 Å². The Kier molecular flexibility index (Phi) is 5.72. The van der Waals surface area contributed by atoms with Crippen LogP contribution >= 0.6 is 0 Å². The lowest BCUT2D eigenvalue weighted by molar-refractivity contribution is -0.154. The van der Waals surface area contributed by atoms with E-state index in [0.717, 1.165) is 11.1 Å². The largest absolute Gasteiger partial charge is 0.376 e. The second-order valence-electron chi connectivity index (χ2n) is 6.08. The Bertz CT molecular complexity index is 644. The summed E-state index contributed by atoms with van der Waals surface area (Å²) in [5.41, 5.74) is 2.08. The molecule has 0 bridgehead atoms. The molecular formula is C20H21FO3. The van der Waals surface area contributed by atoms with Gasteiger partial charge in [-0.15, -0.1) is 0 Å². The molecule has 1 aliphatic rings. The fraction of sp³-hybridized carbons (Fsp3) is 0.350. The number of halogens is 1. The third kappa shape index (κ3) is 4.08. The molecule has 0 aromatic heterocycles. The Morgan fingerprint density at radius 3 is 1.83 bits per heavy atom.